The Bertz CT molecular complexity index is 2460. The van der Waals surface area contributed by atoms with Crippen molar-refractivity contribution in [3.05, 3.63) is 71.5 Å². The van der Waals surface area contributed by atoms with Crippen LogP contribution in [0.4, 0.5) is 10.5 Å². The highest BCUT2D eigenvalue weighted by Crippen LogP contribution is 2.43. The number of piperidine rings is 1. The Morgan fingerprint density at radius 3 is 2.43 bits per heavy atom. The molecule has 68 heavy (non-hydrogen) atoms. The molecule has 4 aromatic rings. The van der Waals surface area contributed by atoms with Crippen LogP contribution in [0.2, 0.25) is 0 Å². The molecule has 0 radical (unpaired) electrons. The molecular formula is C53H73N7O8. The van der Waals surface area contributed by atoms with E-state index in [9.17, 15) is 19.2 Å². The maximum Gasteiger partial charge on any atom is 0.408 e. The zero-order chi connectivity index (χ0) is 48.9. The number of hydrazine groups is 1. The van der Waals surface area contributed by atoms with Crippen LogP contribution in [-0.2, 0) is 52.7 Å². The zero-order valence-corrected chi connectivity index (χ0v) is 41.9. The number of pyridine rings is 1. The van der Waals surface area contributed by atoms with E-state index < -0.39 is 35.2 Å². The Labute approximate surface area is 402 Å². The Kier molecular flexibility index (Phi) is 15.9. The van der Waals surface area contributed by atoms with Gasteiger partial charge < -0.3 is 33.7 Å². The van der Waals surface area contributed by atoms with E-state index in [0.717, 1.165) is 75.4 Å². The van der Waals surface area contributed by atoms with Crippen molar-refractivity contribution in [1.29, 1.82) is 0 Å². The highest BCUT2D eigenvalue weighted by molar-refractivity contribution is 5.96. The summed E-state index contributed by atoms with van der Waals surface area (Å²) < 4.78 is 24.6. The third-order valence-electron chi connectivity index (χ3n) is 13.5. The van der Waals surface area contributed by atoms with E-state index in [0.29, 0.717) is 38.4 Å². The largest absolute Gasteiger partial charge is 0.468 e. The highest BCUT2D eigenvalue weighted by Gasteiger charge is 2.35. The van der Waals surface area contributed by atoms with Gasteiger partial charge in [0, 0.05) is 81.1 Å². The molecule has 0 aliphatic carbocycles. The predicted molar refractivity (Wildman–Crippen MR) is 264 cm³/mol. The number of methoxy groups -OCH3 is 2. The number of esters is 2. The number of aromatic nitrogens is 2. The van der Waals surface area contributed by atoms with Crippen LogP contribution in [0, 0.1) is 5.41 Å². The van der Waals surface area contributed by atoms with Crippen molar-refractivity contribution < 1.29 is 38.1 Å². The number of carbonyl (C=O) groups is 4. The molecule has 3 fully saturated rings. The van der Waals surface area contributed by atoms with Crippen LogP contribution in [0.5, 0.6) is 0 Å². The number of hydrogen-bond acceptors (Lipinski definition) is 12. The fourth-order valence-electron chi connectivity index (χ4n) is 10.1. The Morgan fingerprint density at radius 1 is 0.926 bits per heavy atom. The van der Waals surface area contributed by atoms with Crippen molar-refractivity contribution in [3.8, 4) is 22.4 Å². The molecule has 0 bridgehead atoms. The van der Waals surface area contributed by atoms with Crippen molar-refractivity contribution in [2.45, 2.75) is 137 Å². The molecule has 3 unspecified atom stereocenters. The van der Waals surface area contributed by atoms with Gasteiger partial charge in [-0.15, -0.1) is 0 Å². The standard InChI is InChI=1S/C53H73N7O8/c1-11-59-46-21-20-38(37-17-14-16-36(26-37)27-45(55-51(64)68-52(4,5)6)49(62)60-23-15-19-44(56-60)50(63)66-10)28-41(46)43(30-53(7,8)33-67-35(3)61)48(59)42-29-40(31-54-47(42)34(2)65-9)58-25-24-57-22-13-12-18-39(57)32-58/h14,16-17,20-21,26,28-29,31,34,39,44-45,56H,11-13,15,18-19,22-25,27,30,32-33H2,1-10H3,(H,55,64)/t34-,39?,44?,45?/m0/s1. The summed E-state index contributed by atoms with van der Waals surface area (Å²) in [5.41, 5.74) is 10.8. The number of nitrogens with one attached hydrogen (secondary N) is 2. The van der Waals surface area contributed by atoms with E-state index in [4.69, 9.17) is 23.9 Å². The van der Waals surface area contributed by atoms with Gasteiger partial charge in [-0.3, -0.25) is 29.3 Å². The van der Waals surface area contributed by atoms with Crippen LogP contribution in [0.1, 0.15) is 110 Å². The smallest absolute Gasteiger partial charge is 0.408 e. The molecule has 15 heteroatoms. The van der Waals surface area contributed by atoms with Crippen molar-refractivity contribution in [3.63, 3.8) is 0 Å². The minimum absolute atomic E-state index is 0.167. The minimum atomic E-state index is -1.00. The second-order valence-corrected chi connectivity index (χ2v) is 20.5. The van der Waals surface area contributed by atoms with Gasteiger partial charge in [-0.05, 0) is 114 Å². The van der Waals surface area contributed by atoms with Gasteiger partial charge in [-0.2, -0.15) is 0 Å². The van der Waals surface area contributed by atoms with Gasteiger partial charge in [0.05, 0.1) is 43.1 Å². The number of carbonyl (C=O) groups excluding carboxylic acids is 4. The van der Waals surface area contributed by atoms with E-state index in [1.807, 2.05) is 25.3 Å². The first-order valence-electron chi connectivity index (χ1n) is 24.4. The van der Waals surface area contributed by atoms with Crippen molar-refractivity contribution in [2.24, 2.45) is 5.41 Å². The number of hydrogen-bond donors (Lipinski definition) is 2. The maximum atomic E-state index is 14.2. The summed E-state index contributed by atoms with van der Waals surface area (Å²) in [7, 11) is 3.05. The van der Waals surface area contributed by atoms with Crippen LogP contribution in [0.15, 0.2) is 54.7 Å². The van der Waals surface area contributed by atoms with E-state index >= 15 is 0 Å². The van der Waals surface area contributed by atoms with Gasteiger partial charge >= 0.3 is 18.0 Å². The number of benzene rings is 2. The highest BCUT2D eigenvalue weighted by atomic mass is 16.6. The quantitative estimate of drug-likeness (QED) is 0.0876. The molecule has 15 nitrogen and oxygen atoms in total. The molecule has 7 rings (SSSR count). The lowest BCUT2D eigenvalue weighted by atomic mass is 9.84. The lowest BCUT2D eigenvalue weighted by Crippen LogP contribution is -2.60. The van der Waals surface area contributed by atoms with E-state index in [2.05, 4.69) is 82.3 Å². The number of anilines is 1. The Morgan fingerprint density at radius 2 is 1.71 bits per heavy atom. The van der Waals surface area contributed by atoms with Gasteiger partial charge in [-0.25, -0.2) is 10.2 Å². The number of aryl methyl sites for hydroxylation is 1. The van der Waals surface area contributed by atoms with Gasteiger partial charge in [0.15, 0.2) is 0 Å². The van der Waals surface area contributed by atoms with Gasteiger partial charge in [0.1, 0.15) is 17.7 Å². The second-order valence-electron chi connectivity index (χ2n) is 20.5. The van der Waals surface area contributed by atoms with E-state index in [-0.39, 0.29) is 31.0 Å². The number of nitrogens with zero attached hydrogens (tertiary/aromatic N) is 5. The minimum Gasteiger partial charge on any atom is -0.468 e. The summed E-state index contributed by atoms with van der Waals surface area (Å²) in [5.74, 6) is -1.15. The van der Waals surface area contributed by atoms with Gasteiger partial charge in [-0.1, -0.05) is 50.6 Å². The number of piperazine rings is 1. The molecule has 0 saturated carbocycles. The molecule has 5 heterocycles. The molecular weight excluding hydrogens is 863 g/mol. The van der Waals surface area contributed by atoms with Crippen molar-refractivity contribution in [1.82, 2.24) is 30.2 Å². The summed E-state index contributed by atoms with van der Waals surface area (Å²) in [4.78, 5) is 62.4. The summed E-state index contributed by atoms with van der Waals surface area (Å²) in [6, 6.07) is 15.8. The molecule has 3 aliphatic heterocycles. The number of rotatable bonds is 15. The molecule has 3 aliphatic rings. The zero-order valence-electron chi connectivity index (χ0n) is 41.9. The lowest BCUT2D eigenvalue weighted by Gasteiger charge is -2.45. The predicted octanol–water partition coefficient (Wildman–Crippen LogP) is 8.01. The Hall–Kier alpha value is -5.51. The summed E-state index contributed by atoms with van der Waals surface area (Å²) in [6.45, 7) is 20.7. The number of fused-ring (bicyclic) bond motifs is 2. The third kappa shape index (κ3) is 11.8. The first kappa shape index (κ1) is 50.4. The van der Waals surface area contributed by atoms with E-state index in [1.54, 1.807) is 27.9 Å². The fourth-order valence-corrected chi connectivity index (χ4v) is 10.1. The van der Waals surface area contributed by atoms with Crippen molar-refractivity contribution >= 4 is 40.5 Å². The van der Waals surface area contributed by atoms with Crippen LogP contribution < -0.4 is 15.6 Å². The second kappa shape index (κ2) is 21.4. The molecule has 2 N–H and O–H groups in total. The van der Waals surface area contributed by atoms with Crippen LogP contribution in [0.3, 0.4) is 0 Å². The molecule has 3 saturated heterocycles. The number of ether oxygens (including phenoxy) is 4. The Balaban J connectivity index is 1.30. The average molecular weight is 936 g/mol. The molecule has 2 aromatic carbocycles. The summed E-state index contributed by atoms with van der Waals surface area (Å²) >= 11 is 0. The van der Waals surface area contributed by atoms with E-state index in [1.165, 1.54) is 44.8 Å². The number of amides is 2. The molecule has 368 valence electrons. The molecule has 2 aromatic heterocycles. The third-order valence-corrected chi connectivity index (χ3v) is 13.5. The normalized spacial score (nSPS) is 19.0. The molecule has 4 atom stereocenters. The van der Waals surface area contributed by atoms with Crippen LogP contribution in [-0.4, -0.2) is 121 Å². The number of alkyl carbamates (subject to hydrolysis) is 1. The molecule has 0 spiro atoms. The van der Waals surface area contributed by atoms with Gasteiger partial charge in [0.25, 0.3) is 5.91 Å². The average Bonchev–Trinajstić information content (AvgIpc) is 3.62. The lowest BCUT2D eigenvalue weighted by molar-refractivity contribution is -0.150. The first-order valence-corrected chi connectivity index (χ1v) is 24.4. The van der Waals surface area contributed by atoms with Crippen molar-refractivity contribution in [2.75, 3.05) is 58.5 Å². The SMILES string of the molecule is CCn1c(-c2cc(N3CCN4CCCCC4C3)cnc2[C@H](C)OC)c(CC(C)(C)COC(C)=O)c2cc(-c3cccc(CC(NC(=O)OC(C)(C)C)C(=O)N4CCCC(C(=O)OC)N4)c3)ccc21. The topological polar surface area (TPSA) is 157 Å². The summed E-state index contributed by atoms with van der Waals surface area (Å²) in [6.07, 6.45) is 6.66. The maximum absolute atomic E-state index is 14.2. The first-order chi connectivity index (χ1) is 32.4. The monoisotopic (exact) mass is 936 g/mol. The fraction of sp³-hybridized carbons (Fsp3) is 0.566. The molecule has 2 amide bonds. The summed E-state index contributed by atoms with van der Waals surface area (Å²) in [5, 5.41) is 5.32. The van der Waals surface area contributed by atoms with Gasteiger partial charge in [0.2, 0.25) is 0 Å². The van der Waals surface area contributed by atoms with Crippen LogP contribution in [0.25, 0.3) is 33.3 Å². The van der Waals surface area contributed by atoms with Crippen LogP contribution >= 0.6 is 0 Å².